The molecule has 0 aromatic heterocycles. The highest BCUT2D eigenvalue weighted by Crippen LogP contribution is 2.13. The molecule has 86 valence electrons. The zero-order chi connectivity index (χ0) is 11.0. The highest BCUT2D eigenvalue weighted by Gasteiger charge is 2.17. The second kappa shape index (κ2) is 7.21. The summed E-state index contributed by atoms with van der Waals surface area (Å²) >= 11 is 0. The third kappa shape index (κ3) is 7.30. The molecular weight excluding hydrogens is 176 g/mol. The molecule has 0 atom stereocenters. The van der Waals surface area contributed by atoms with Crippen molar-refractivity contribution < 1.29 is 4.74 Å². The van der Waals surface area contributed by atoms with Crippen molar-refractivity contribution in [1.29, 1.82) is 0 Å². The van der Waals surface area contributed by atoms with Crippen molar-refractivity contribution >= 4 is 0 Å². The van der Waals surface area contributed by atoms with Gasteiger partial charge in [-0.15, -0.1) is 0 Å². The van der Waals surface area contributed by atoms with Crippen molar-refractivity contribution in [2.24, 2.45) is 11.1 Å². The van der Waals surface area contributed by atoms with Gasteiger partial charge in [0.05, 0.1) is 6.61 Å². The lowest BCUT2D eigenvalue weighted by molar-refractivity contribution is 0.100. The summed E-state index contributed by atoms with van der Waals surface area (Å²) in [4.78, 5) is 2.28. The number of nitrogens with two attached hydrogens (primary N) is 1. The van der Waals surface area contributed by atoms with Crippen LogP contribution in [0.2, 0.25) is 0 Å². The van der Waals surface area contributed by atoms with Crippen molar-refractivity contribution in [1.82, 2.24) is 4.90 Å². The second-order valence-corrected chi connectivity index (χ2v) is 4.72. The van der Waals surface area contributed by atoms with Crippen LogP contribution in [0.4, 0.5) is 0 Å². The molecule has 14 heavy (non-hydrogen) atoms. The fourth-order valence-corrected chi connectivity index (χ4v) is 1.34. The monoisotopic (exact) mass is 202 g/mol. The highest BCUT2D eigenvalue weighted by molar-refractivity contribution is 4.72. The molecule has 3 heteroatoms. The van der Waals surface area contributed by atoms with Crippen molar-refractivity contribution in [3.8, 4) is 0 Å². The first kappa shape index (κ1) is 13.9. The van der Waals surface area contributed by atoms with E-state index in [0.29, 0.717) is 0 Å². The summed E-state index contributed by atoms with van der Waals surface area (Å²) in [7, 11) is 2.12. The van der Waals surface area contributed by atoms with E-state index in [9.17, 15) is 0 Å². The van der Waals surface area contributed by atoms with Crippen LogP contribution >= 0.6 is 0 Å². The summed E-state index contributed by atoms with van der Waals surface area (Å²) < 4.78 is 5.43. The molecule has 2 N–H and O–H groups in total. The topological polar surface area (TPSA) is 38.5 Å². The van der Waals surface area contributed by atoms with Gasteiger partial charge in [-0.3, -0.25) is 0 Å². The van der Waals surface area contributed by atoms with Crippen LogP contribution in [-0.4, -0.2) is 44.8 Å². The molecule has 0 amide bonds. The Kier molecular flexibility index (Phi) is 7.15. The average molecular weight is 202 g/mol. The van der Waals surface area contributed by atoms with Crippen molar-refractivity contribution in [3.63, 3.8) is 0 Å². The number of hydrogen-bond acceptors (Lipinski definition) is 3. The van der Waals surface area contributed by atoms with E-state index in [0.717, 1.165) is 39.3 Å². The minimum atomic E-state index is 0.208. The Morgan fingerprint density at radius 3 is 2.43 bits per heavy atom. The Hall–Kier alpha value is -0.120. The molecule has 3 nitrogen and oxygen atoms in total. The van der Waals surface area contributed by atoms with Crippen molar-refractivity contribution in [2.75, 3.05) is 39.9 Å². The first-order valence-corrected chi connectivity index (χ1v) is 5.48. The lowest BCUT2D eigenvalue weighted by Crippen LogP contribution is -2.38. The van der Waals surface area contributed by atoms with Crippen molar-refractivity contribution in [2.45, 2.75) is 27.2 Å². The predicted molar refractivity (Wildman–Crippen MR) is 61.4 cm³/mol. The van der Waals surface area contributed by atoms with Gasteiger partial charge in [0.2, 0.25) is 0 Å². The van der Waals surface area contributed by atoms with Gasteiger partial charge in [-0.2, -0.15) is 0 Å². The van der Waals surface area contributed by atoms with Crippen LogP contribution in [0.15, 0.2) is 0 Å². The minimum absolute atomic E-state index is 0.208. The van der Waals surface area contributed by atoms with E-state index < -0.39 is 0 Å². The Morgan fingerprint density at radius 1 is 1.29 bits per heavy atom. The van der Waals surface area contributed by atoms with Crippen LogP contribution in [0.1, 0.15) is 27.2 Å². The summed E-state index contributed by atoms with van der Waals surface area (Å²) in [5.74, 6) is 0. The van der Waals surface area contributed by atoms with E-state index in [1.165, 1.54) is 0 Å². The maximum atomic E-state index is 5.67. The van der Waals surface area contributed by atoms with E-state index in [4.69, 9.17) is 10.5 Å². The zero-order valence-corrected chi connectivity index (χ0v) is 10.2. The van der Waals surface area contributed by atoms with Crippen molar-refractivity contribution in [3.05, 3.63) is 0 Å². The molecule has 0 saturated heterocycles. The summed E-state index contributed by atoms with van der Waals surface area (Å²) in [6.07, 6.45) is 1.10. The molecule has 0 spiro atoms. The standard InChI is InChI=1S/C11H26N2O/c1-5-7-14-8-6-13(4)10-11(2,3)9-12/h5-10,12H2,1-4H3. The number of likely N-dealkylation sites (N-methyl/N-ethyl adjacent to an activating group) is 1. The third-order valence-electron chi connectivity index (χ3n) is 2.22. The molecule has 0 aromatic carbocycles. The van der Waals surface area contributed by atoms with Crippen LogP contribution in [0, 0.1) is 5.41 Å². The first-order chi connectivity index (χ1) is 6.52. The number of hydrogen-bond donors (Lipinski definition) is 1. The van der Waals surface area contributed by atoms with E-state index >= 15 is 0 Å². The molecule has 0 unspecified atom stereocenters. The molecule has 0 aliphatic heterocycles. The quantitative estimate of drug-likeness (QED) is 0.604. The van der Waals surface area contributed by atoms with Crippen LogP contribution in [0.3, 0.4) is 0 Å². The van der Waals surface area contributed by atoms with Gasteiger partial charge >= 0.3 is 0 Å². The van der Waals surface area contributed by atoms with E-state index in [1.54, 1.807) is 0 Å². The smallest absolute Gasteiger partial charge is 0.0593 e. The van der Waals surface area contributed by atoms with Gasteiger partial charge in [-0.05, 0) is 25.4 Å². The predicted octanol–water partition coefficient (Wildman–Crippen LogP) is 1.33. The van der Waals surface area contributed by atoms with E-state index in [2.05, 4.69) is 32.7 Å². The first-order valence-electron chi connectivity index (χ1n) is 5.48. The largest absolute Gasteiger partial charge is 0.380 e. The van der Waals surface area contributed by atoms with Crippen LogP contribution < -0.4 is 5.73 Å². The van der Waals surface area contributed by atoms with Gasteiger partial charge in [-0.1, -0.05) is 20.8 Å². The van der Waals surface area contributed by atoms with Crippen LogP contribution in [-0.2, 0) is 4.74 Å². The third-order valence-corrected chi connectivity index (χ3v) is 2.22. The normalized spacial score (nSPS) is 12.4. The Balaban J connectivity index is 3.49. The second-order valence-electron chi connectivity index (χ2n) is 4.72. The summed E-state index contributed by atoms with van der Waals surface area (Å²) in [5.41, 5.74) is 5.88. The Bertz CT molecular complexity index is 137. The molecule has 0 bridgehead atoms. The molecular formula is C11H26N2O. The van der Waals surface area contributed by atoms with Gasteiger partial charge in [0.1, 0.15) is 0 Å². The molecule has 0 heterocycles. The summed E-state index contributed by atoms with van der Waals surface area (Å²) in [6, 6.07) is 0. The summed E-state index contributed by atoms with van der Waals surface area (Å²) in [6.45, 7) is 10.9. The number of nitrogens with zero attached hydrogens (tertiary/aromatic N) is 1. The molecule has 0 saturated carbocycles. The van der Waals surface area contributed by atoms with Gasteiger partial charge < -0.3 is 15.4 Å². The van der Waals surface area contributed by atoms with E-state index in [-0.39, 0.29) is 5.41 Å². The lowest BCUT2D eigenvalue weighted by atomic mass is 9.93. The van der Waals surface area contributed by atoms with Gasteiger partial charge in [0.25, 0.3) is 0 Å². The average Bonchev–Trinajstić information content (AvgIpc) is 2.12. The number of ether oxygens (including phenoxy) is 1. The fourth-order valence-electron chi connectivity index (χ4n) is 1.34. The maximum Gasteiger partial charge on any atom is 0.0593 e. The lowest BCUT2D eigenvalue weighted by Gasteiger charge is -2.28. The van der Waals surface area contributed by atoms with Gasteiger partial charge in [0, 0.05) is 19.7 Å². The van der Waals surface area contributed by atoms with Crippen LogP contribution in [0.5, 0.6) is 0 Å². The van der Waals surface area contributed by atoms with Gasteiger partial charge in [0.15, 0.2) is 0 Å². The molecule has 0 rings (SSSR count). The molecule has 0 aliphatic carbocycles. The Labute approximate surface area is 88.6 Å². The highest BCUT2D eigenvalue weighted by atomic mass is 16.5. The van der Waals surface area contributed by atoms with E-state index in [1.807, 2.05) is 0 Å². The van der Waals surface area contributed by atoms with Gasteiger partial charge in [-0.25, -0.2) is 0 Å². The Morgan fingerprint density at radius 2 is 1.93 bits per heavy atom. The zero-order valence-electron chi connectivity index (χ0n) is 10.2. The fraction of sp³-hybridized carbons (Fsp3) is 1.00. The molecule has 0 fully saturated rings. The van der Waals surface area contributed by atoms with Crippen LogP contribution in [0.25, 0.3) is 0 Å². The molecule has 0 radical (unpaired) electrons. The summed E-state index contributed by atoms with van der Waals surface area (Å²) in [5, 5.41) is 0. The molecule has 0 aliphatic rings. The number of rotatable bonds is 8. The SMILES string of the molecule is CCCOCCN(C)CC(C)(C)CN. The maximum absolute atomic E-state index is 5.67. The molecule has 0 aromatic rings. The minimum Gasteiger partial charge on any atom is -0.380 e.